The van der Waals surface area contributed by atoms with Gasteiger partial charge in [-0.15, -0.1) is 15.3 Å². The maximum Gasteiger partial charge on any atom is 0.268 e. The molecule has 8 nitrogen and oxygen atoms in total. The number of rotatable bonds is 5. The number of hydrogen-bond acceptors (Lipinski definition) is 5. The van der Waals surface area contributed by atoms with Crippen molar-refractivity contribution in [1.29, 1.82) is 0 Å². The third kappa shape index (κ3) is 3.34. The summed E-state index contributed by atoms with van der Waals surface area (Å²) >= 11 is 0. The summed E-state index contributed by atoms with van der Waals surface area (Å²) in [5, 5.41) is 15.0. The monoisotopic (exact) mass is 366 g/mol. The Labute approximate surface area is 153 Å². The number of amides is 1. The van der Waals surface area contributed by atoms with Crippen LogP contribution in [0.3, 0.4) is 0 Å². The van der Waals surface area contributed by atoms with Gasteiger partial charge in [0.25, 0.3) is 5.91 Å². The third-order valence-electron chi connectivity index (χ3n) is 4.02. The van der Waals surface area contributed by atoms with Gasteiger partial charge in [0.05, 0.1) is 13.7 Å². The molecule has 0 radical (unpaired) electrons. The van der Waals surface area contributed by atoms with Crippen LogP contribution in [0.25, 0.3) is 16.8 Å². The molecule has 3 aromatic heterocycles. The number of aromatic amines is 1. The zero-order chi connectivity index (χ0) is 18.8. The molecule has 27 heavy (non-hydrogen) atoms. The van der Waals surface area contributed by atoms with E-state index in [1.807, 2.05) is 0 Å². The number of benzene rings is 1. The van der Waals surface area contributed by atoms with Crippen LogP contribution in [-0.4, -0.2) is 37.8 Å². The van der Waals surface area contributed by atoms with Gasteiger partial charge in [0.1, 0.15) is 11.5 Å². The van der Waals surface area contributed by atoms with Crippen molar-refractivity contribution < 1.29 is 13.9 Å². The highest BCUT2D eigenvalue weighted by atomic mass is 19.1. The number of carbonyl (C=O) groups excluding carboxylic acids is 1. The zero-order valence-corrected chi connectivity index (χ0v) is 14.3. The van der Waals surface area contributed by atoms with E-state index in [4.69, 9.17) is 4.74 Å². The van der Waals surface area contributed by atoms with Crippen LogP contribution in [0.2, 0.25) is 0 Å². The molecule has 0 aliphatic heterocycles. The average Bonchev–Trinajstić information content (AvgIpc) is 3.33. The van der Waals surface area contributed by atoms with Crippen molar-refractivity contribution in [3.8, 4) is 17.0 Å². The van der Waals surface area contributed by atoms with Gasteiger partial charge in [-0.25, -0.2) is 4.39 Å². The zero-order valence-electron chi connectivity index (χ0n) is 14.3. The molecule has 0 saturated carbocycles. The molecule has 4 rings (SSSR count). The molecule has 3 heterocycles. The maximum absolute atomic E-state index is 13.0. The molecule has 0 atom stereocenters. The Morgan fingerprint density at radius 2 is 2.00 bits per heavy atom. The first-order valence-electron chi connectivity index (χ1n) is 8.12. The number of halogens is 1. The van der Waals surface area contributed by atoms with Crippen molar-refractivity contribution in [3.63, 3.8) is 0 Å². The largest absolute Gasteiger partial charge is 0.480 e. The third-order valence-corrected chi connectivity index (χ3v) is 4.02. The van der Waals surface area contributed by atoms with E-state index in [0.717, 1.165) is 11.1 Å². The highest BCUT2D eigenvalue weighted by molar-refractivity contribution is 5.93. The lowest BCUT2D eigenvalue weighted by Crippen LogP contribution is -2.24. The number of H-pyrrole nitrogens is 1. The molecular formula is C18H15FN6O2. The molecule has 0 unspecified atom stereocenters. The van der Waals surface area contributed by atoms with Crippen LogP contribution >= 0.6 is 0 Å². The SMILES string of the molecule is COc1ccc2nnc(CNC(=O)c3cc(-c4ccc(F)cc4)c[nH]3)n2n1. The summed E-state index contributed by atoms with van der Waals surface area (Å²) in [6.07, 6.45) is 1.70. The Kier molecular flexibility index (Phi) is 4.25. The summed E-state index contributed by atoms with van der Waals surface area (Å²) in [6.45, 7) is 0.144. The molecular weight excluding hydrogens is 351 g/mol. The molecule has 0 bridgehead atoms. The van der Waals surface area contributed by atoms with Crippen molar-refractivity contribution in [3.05, 3.63) is 66.0 Å². The maximum atomic E-state index is 13.0. The van der Waals surface area contributed by atoms with Gasteiger partial charge in [-0.1, -0.05) is 12.1 Å². The van der Waals surface area contributed by atoms with Gasteiger partial charge in [-0.2, -0.15) is 4.52 Å². The fourth-order valence-electron chi connectivity index (χ4n) is 2.62. The molecule has 1 aromatic carbocycles. The van der Waals surface area contributed by atoms with E-state index in [0.29, 0.717) is 23.0 Å². The van der Waals surface area contributed by atoms with Crippen molar-refractivity contribution >= 4 is 11.6 Å². The molecule has 0 aliphatic carbocycles. The lowest BCUT2D eigenvalue weighted by molar-refractivity contribution is 0.0945. The Morgan fingerprint density at radius 3 is 2.78 bits per heavy atom. The summed E-state index contributed by atoms with van der Waals surface area (Å²) in [6, 6.07) is 11.2. The van der Waals surface area contributed by atoms with Gasteiger partial charge in [0.2, 0.25) is 5.88 Å². The molecule has 4 aromatic rings. The lowest BCUT2D eigenvalue weighted by atomic mass is 10.1. The van der Waals surface area contributed by atoms with Gasteiger partial charge in [0, 0.05) is 12.3 Å². The van der Waals surface area contributed by atoms with E-state index >= 15 is 0 Å². The van der Waals surface area contributed by atoms with Gasteiger partial charge in [-0.3, -0.25) is 4.79 Å². The van der Waals surface area contributed by atoms with Crippen molar-refractivity contribution in [2.45, 2.75) is 6.54 Å². The smallest absolute Gasteiger partial charge is 0.268 e. The number of carbonyl (C=O) groups is 1. The van der Waals surface area contributed by atoms with Crippen LogP contribution in [0.15, 0.2) is 48.7 Å². The first-order valence-corrected chi connectivity index (χ1v) is 8.12. The Balaban J connectivity index is 1.48. The molecule has 136 valence electrons. The summed E-state index contributed by atoms with van der Waals surface area (Å²) in [7, 11) is 1.52. The van der Waals surface area contributed by atoms with Gasteiger partial charge in [-0.05, 0) is 35.4 Å². The summed E-state index contributed by atoms with van der Waals surface area (Å²) in [4.78, 5) is 15.3. The van der Waals surface area contributed by atoms with E-state index in [1.165, 1.54) is 23.8 Å². The van der Waals surface area contributed by atoms with Gasteiger partial charge in [0.15, 0.2) is 11.5 Å². The normalized spacial score (nSPS) is 10.9. The van der Waals surface area contributed by atoms with E-state index in [9.17, 15) is 9.18 Å². The highest BCUT2D eigenvalue weighted by Crippen LogP contribution is 2.20. The van der Waals surface area contributed by atoms with Crippen LogP contribution in [0, 0.1) is 5.82 Å². The first-order chi connectivity index (χ1) is 13.1. The van der Waals surface area contributed by atoms with Crippen LogP contribution in [0.4, 0.5) is 4.39 Å². The standard InChI is InChI=1S/C18H15FN6O2/c1-27-17-7-6-15-22-23-16(25(15)24-17)10-21-18(26)14-8-12(9-20-14)11-2-4-13(19)5-3-11/h2-9,20H,10H2,1H3,(H,21,26). The number of nitrogens with one attached hydrogen (secondary N) is 2. The first kappa shape index (κ1) is 16.7. The summed E-state index contributed by atoms with van der Waals surface area (Å²) in [5.74, 6) is 0.284. The Morgan fingerprint density at radius 1 is 1.19 bits per heavy atom. The van der Waals surface area contributed by atoms with Crippen LogP contribution in [0.1, 0.15) is 16.3 Å². The van der Waals surface area contributed by atoms with Gasteiger partial charge < -0.3 is 15.0 Å². The van der Waals surface area contributed by atoms with E-state index in [1.54, 1.807) is 36.5 Å². The minimum atomic E-state index is -0.307. The number of ether oxygens (including phenoxy) is 1. The van der Waals surface area contributed by atoms with Crippen molar-refractivity contribution in [2.24, 2.45) is 0 Å². The topological polar surface area (TPSA) is 97.2 Å². The van der Waals surface area contributed by atoms with E-state index in [2.05, 4.69) is 25.6 Å². The predicted octanol–water partition coefficient (Wildman–Crippen LogP) is 2.20. The summed E-state index contributed by atoms with van der Waals surface area (Å²) in [5.41, 5.74) is 2.54. The Bertz CT molecular complexity index is 1100. The van der Waals surface area contributed by atoms with E-state index in [-0.39, 0.29) is 18.3 Å². The minimum absolute atomic E-state index is 0.144. The molecule has 1 amide bonds. The van der Waals surface area contributed by atoms with Crippen LogP contribution in [-0.2, 0) is 6.54 Å². The quantitative estimate of drug-likeness (QED) is 0.564. The second kappa shape index (κ2) is 6.87. The fraction of sp³-hybridized carbons (Fsp3) is 0.111. The second-order valence-electron chi connectivity index (χ2n) is 5.75. The number of nitrogens with zero attached hydrogens (tertiary/aromatic N) is 4. The minimum Gasteiger partial charge on any atom is -0.480 e. The highest BCUT2D eigenvalue weighted by Gasteiger charge is 2.13. The van der Waals surface area contributed by atoms with Crippen LogP contribution < -0.4 is 10.1 Å². The predicted molar refractivity (Wildman–Crippen MR) is 94.7 cm³/mol. The molecule has 0 aliphatic rings. The number of fused-ring (bicyclic) bond motifs is 1. The average molecular weight is 366 g/mol. The lowest BCUT2D eigenvalue weighted by Gasteiger charge is -2.03. The second-order valence-corrected chi connectivity index (χ2v) is 5.75. The summed E-state index contributed by atoms with van der Waals surface area (Å²) < 4.78 is 19.6. The number of aromatic nitrogens is 5. The molecule has 2 N–H and O–H groups in total. The Hall–Kier alpha value is -3.75. The van der Waals surface area contributed by atoms with Crippen LogP contribution in [0.5, 0.6) is 5.88 Å². The van der Waals surface area contributed by atoms with Crippen molar-refractivity contribution in [2.75, 3.05) is 7.11 Å². The fourth-order valence-corrected chi connectivity index (χ4v) is 2.62. The molecule has 0 saturated heterocycles. The molecule has 9 heteroatoms. The molecule has 0 spiro atoms. The van der Waals surface area contributed by atoms with E-state index < -0.39 is 0 Å². The van der Waals surface area contributed by atoms with Crippen molar-refractivity contribution in [1.82, 2.24) is 30.1 Å². The van der Waals surface area contributed by atoms with Gasteiger partial charge >= 0.3 is 0 Å². The molecule has 0 fully saturated rings. The number of methoxy groups -OCH3 is 1. The number of hydrogen-bond donors (Lipinski definition) is 2.